The molecule has 0 amide bonds. The maximum atomic E-state index is 5.21. The van der Waals surface area contributed by atoms with Crippen molar-refractivity contribution in [2.75, 3.05) is 6.54 Å². The van der Waals surface area contributed by atoms with E-state index in [1.54, 1.807) is 0 Å². The summed E-state index contributed by atoms with van der Waals surface area (Å²) in [5, 5.41) is 0. The van der Waals surface area contributed by atoms with Crippen LogP contribution in [0.1, 0.15) is 84.0 Å². The summed E-state index contributed by atoms with van der Waals surface area (Å²) in [6.07, 6.45) is 16.8. The molecule has 0 atom stereocenters. The lowest BCUT2D eigenvalue weighted by molar-refractivity contribution is 0.538. The first kappa shape index (κ1) is 15.9. The Hall–Kier alpha value is -0.0800. The van der Waals surface area contributed by atoms with Crippen LogP contribution in [0.3, 0.4) is 0 Å². The fourth-order valence-electron chi connectivity index (χ4n) is 2.07. The second-order valence-corrected chi connectivity index (χ2v) is 4.84. The third-order valence-corrected chi connectivity index (χ3v) is 3.17. The van der Waals surface area contributed by atoms with Crippen LogP contribution in [-0.4, -0.2) is 6.54 Å². The molecule has 0 spiro atoms. The molecule has 0 saturated carbocycles. The average Bonchev–Trinajstić information content (AvgIpc) is 2.31. The number of hydrogen-bond acceptors (Lipinski definition) is 2. The Kier molecular flexibility index (Phi) is 14.8. The van der Waals surface area contributed by atoms with Crippen molar-refractivity contribution in [2.24, 2.45) is 5.84 Å². The van der Waals surface area contributed by atoms with E-state index < -0.39 is 0 Å². The van der Waals surface area contributed by atoms with Gasteiger partial charge in [-0.3, -0.25) is 11.3 Å². The van der Waals surface area contributed by atoms with Gasteiger partial charge in [0.2, 0.25) is 0 Å². The third-order valence-electron chi connectivity index (χ3n) is 3.17. The van der Waals surface area contributed by atoms with Gasteiger partial charge in [0.05, 0.1) is 0 Å². The first-order chi connectivity index (χ1) is 7.91. The van der Waals surface area contributed by atoms with Gasteiger partial charge in [0.25, 0.3) is 0 Å². The smallest absolute Gasteiger partial charge is 0.00974 e. The zero-order chi connectivity index (χ0) is 11.9. The first-order valence-corrected chi connectivity index (χ1v) is 7.35. The molecule has 0 bridgehead atoms. The zero-order valence-electron chi connectivity index (χ0n) is 11.3. The summed E-state index contributed by atoms with van der Waals surface area (Å²) in [6.45, 7) is 3.25. The van der Waals surface area contributed by atoms with Gasteiger partial charge in [-0.05, 0) is 6.42 Å². The molecule has 2 heteroatoms. The highest BCUT2D eigenvalue weighted by Gasteiger charge is 1.92. The summed E-state index contributed by atoms with van der Waals surface area (Å²) in [5.74, 6) is 5.21. The van der Waals surface area contributed by atoms with Crippen molar-refractivity contribution in [1.29, 1.82) is 0 Å². The van der Waals surface area contributed by atoms with E-state index in [2.05, 4.69) is 12.3 Å². The Morgan fingerprint density at radius 1 is 0.625 bits per heavy atom. The van der Waals surface area contributed by atoms with Gasteiger partial charge in [-0.1, -0.05) is 77.6 Å². The van der Waals surface area contributed by atoms with Gasteiger partial charge in [-0.15, -0.1) is 0 Å². The van der Waals surface area contributed by atoms with Crippen LogP contribution in [0, 0.1) is 0 Å². The molecular formula is C14H32N2. The SMILES string of the molecule is CCCCCCCCCCCCCCNN. The van der Waals surface area contributed by atoms with Crippen LogP contribution in [0.2, 0.25) is 0 Å². The Labute approximate surface area is 102 Å². The molecule has 0 heterocycles. The lowest BCUT2D eigenvalue weighted by atomic mass is 10.1. The van der Waals surface area contributed by atoms with Crippen molar-refractivity contribution in [1.82, 2.24) is 5.43 Å². The van der Waals surface area contributed by atoms with Crippen molar-refractivity contribution in [3.8, 4) is 0 Å². The summed E-state index contributed by atoms with van der Waals surface area (Å²) >= 11 is 0. The quantitative estimate of drug-likeness (QED) is 0.282. The lowest BCUT2D eigenvalue weighted by Crippen LogP contribution is -2.22. The molecule has 0 aromatic carbocycles. The second kappa shape index (κ2) is 14.9. The number of nitrogens with two attached hydrogens (primary N) is 1. The van der Waals surface area contributed by atoms with E-state index in [0.717, 1.165) is 6.54 Å². The van der Waals surface area contributed by atoms with Crippen molar-refractivity contribution >= 4 is 0 Å². The van der Waals surface area contributed by atoms with Crippen LogP contribution in [-0.2, 0) is 0 Å². The van der Waals surface area contributed by atoms with Crippen molar-refractivity contribution in [3.63, 3.8) is 0 Å². The predicted octanol–water partition coefficient (Wildman–Crippen LogP) is 4.15. The molecule has 0 radical (unpaired) electrons. The fourth-order valence-corrected chi connectivity index (χ4v) is 2.07. The molecule has 98 valence electrons. The lowest BCUT2D eigenvalue weighted by Gasteiger charge is -2.02. The Morgan fingerprint density at radius 2 is 1.00 bits per heavy atom. The number of rotatable bonds is 13. The number of hydrogen-bond donors (Lipinski definition) is 2. The zero-order valence-corrected chi connectivity index (χ0v) is 11.3. The Bertz CT molecular complexity index is 101. The monoisotopic (exact) mass is 228 g/mol. The molecule has 0 rings (SSSR count). The summed E-state index contributed by atoms with van der Waals surface area (Å²) in [7, 11) is 0. The molecule has 3 N–H and O–H groups in total. The minimum atomic E-state index is 0.970. The molecular weight excluding hydrogens is 196 g/mol. The summed E-state index contributed by atoms with van der Waals surface area (Å²) < 4.78 is 0. The van der Waals surface area contributed by atoms with Crippen molar-refractivity contribution < 1.29 is 0 Å². The highest BCUT2D eigenvalue weighted by molar-refractivity contribution is 4.48. The van der Waals surface area contributed by atoms with Gasteiger partial charge in [-0.2, -0.15) is 0 Å². The molecule has 0 aromatic heterocycles. The topological polar surface area (TPSA) is 38.0 Å². The van der Waals surface area contributed by atoms with E-state index in [0.29, 0.717) is 0 Å². The molecule has 0 aliphatic carbocycles. The van der Waals surface area contributed by atoms with Gasteiger partial charge in [0.15, 0.2) is 0 Å². The van der Waals surface area contributed by atoms with Crippen molar-refractivity contribution in [3.05, 3.63) is 0 Å². The summed E-state index contributed by atoms with van der Waals surface area (Å²) in [4.78, 5) is 0. The van der Waals surface area contributed by atoms with Crippen LogP contribution < -0.4 is 11.3 Å². The van der Waals surface area contributed by atoms with Crippen LogP contribution in [0.4, 0.5) is 0 Å². The van der Waals surface area contributed by atoms with Gasteiger partial charge in [-0.25, -0.2) is 0 Å². The normalized spacial score (nSPS) is 10.9. The van der Waals surface area contributed by atoms with E-state index >= 15 is 0 Å². The second-order valence-electron chi connectivity index (χ2n) is 4.84. The van der Waals surface area contributed by atoms with Crippen molar-refractivity contribution in [2.45, 2.75) is 84.0 Å². The maximum absolute atomic E-state index is 5.21. The van der Waals surface area contributed by atoms with E-state index in [4.69, 9.17) is 5.84 Å². The fraction of sp³-hybridized carbons (Fsp3) is 1.00. The van der Waals surface area contributed by atoms with Gasteiger partial charge in [0.1, 0.15) is 0 Å². The van der Waals surface area contributed by atoms with Gasteiger partial charge >= 0.3 is 0 Å². The van der Waals surface area contributed by atoms with Gasteiger partial charge in [0, 0.05) is 6.54 Å². The molecule has 0 aliphatic heterocycles. The standard InChI is InChI=1S/C14H32N2/c1-2-3-4-5-6-7-8-9-10-11-12-13-14-16-15/h16H,2-15H2,1H3. The molecule has 0 saturated heterocycles. The predicted molar refractivity (Wildman–Crippen MR) is 73.3 cm³/mol. The number of nitrogens with one attached hydrogen (secondary N) is 1. The number of unbranched alkanes of at least 4 members (excludes halogenated alkanes) is 11. The third kappa shape index (κ3) is 13.9. The highest BCUT2D eigenvalue weighted by Crippen LogP contribution is 2.11. The molecule has 0 aromatic rings. The minimum Gasteiger partial charge on any atom is -0.271 e. The van der Waals surface area contributed by atoms with Crippen LogP contribution in [0.25, 0.3) is 0 Å². The maximum Gasteiger partial charge on any atom is 0.00974 e. The van der Waals surface area contributed by atoms with E-state index in [1.807, 2.05) is 0 Å². The van der Waals surface area contributed by atoms with E-state index in [1.165, 1.54) is 77.0 Å². The first-order valence-electron chi connectivity index (χ1n) is 7.35. The van der Waals surface area contributed by atoms with Gasteiger partial charge < -0.3 is 0 Å². The van der Waals surface area contributed by atoms with Crippen LogP contribution in [0.5, 0.6) is 0 Å². The molecule has 2 nitrogen and oxygen atoms in total. The molecule has 0 aliphatic rings. The largest absolute Gasteiger partial charge is 0.271 e. The Morgan fingerprint density at radius 3 is 1.38 bits per heavy atom. The van der Waals surface area contributed by atoms with E-state index in [9.17, 15) is 0 Å². The minimum absolute atomic E-state index is 0.970. The number of hydrazine groups is 1. The van der Waals surface area contributed by atoms with Crippen LogP contribution >= 0.6 is 0 Å². The summed E-state index contributed by atoms with van der Waals surface area (Å²) in [5.41, 5.74) is 2.70. The Balaban J connectivity index is 2.83. The molecule has 16 heavy (non-hydrogen) atoms. The van der Waals surface area contributed by atoms with Crippen LogP contribution in [0.15, 0.2) is 0 Å². The average molecular weight is 228 g/mol. The summed E-state index contributed by atoms with van der Waals surface area (Å²) in [6, 6.07) is 0. The highest BCUT2D eigenvalue weighted by atomic mass is 15.2. The molecule has 0 unspecified atom stereocenters. The van der Waals surface area contributed by atoms with E-state index in [-0.39, 0.29) is 0 Å². The molecule has 0 fully saturated rings.